The minimum Gasteiger partial charge on any atom is -0.413 e. The summed E-state index contributed by atoms with van der Waals surface area (Å²) in [6.45, 7) is 2.43. The van der Waals surface area contributed by atoms with Crippen LogP contribution in [0, 0.1) is 0 Å². The lowest BCUT2D eigenvalue weighted by Gasteiger charge is -2.27. The summed E-state index contributed by atoms with van der Waals surface area (Å²) in [7, 11) is -3.14. The third-order valence-electron chi connectivity index (χ3n) is 2.16. The fraction of sp³-hybridized carbons (Fsp3) is 0.400. The number of para-hydroxylation sites is 1. The maximum absolute atomic E-state index is 12.1. The van der Waals surface area contributed by atoms with E-state index in [1.165, 1.54) is 0 Å². The molecule has 1 aliphatic rings. The molecule has 15 heavy (non-hydrogen) atoms. The molecule has 1 aliphatic heterocycles. The summed E-state index contributed by atoms with van der Waals surface area (Å²) in [5.74, 6) is 0.558. The van der Waals surface area contributed by atoms with E-state index in [0.29, 0.717) is 12.4 Å². The summed E-state index contributed by atoms with van der Waals surface area (Å²) < 4.78 is 22.6. The maximum atomic E-state index is 12.1. The van der Waals surface area contributed by atoms with Crippen LogP contribution in [0.15, 0.2) is 30.3 Å². The summed E-state index contributed by atoms with van der Waals surface area (Å²) in [5, 5.41) is 2.85. The summed E-state index contributed by atoms with van der Waals surface area (Å²) in [5.41, 5.74) is 0. The second-order valence-electron chi connectivity index (χ2n) is 3.55. The Morgan fingerprint density at radius 2 is 2.20 bits per heavy atom. The highest BCUT2D eigenvalue weighted by Crippen LogP contribution is 2.47. The molecule has 2 atom stereocenters. The second kappa shape index (κ2) is 4.35. The lowest BCUT2D eigenvalue weighted by atomic mass is 10.3. The van der Waals surface area contributed by atoms with Crippen molar-refractivity contribution in [3.63, 3.8) is 0 Å². The molecule has 1 N–H and O–H groups in total. The van der Waals surface area contributed by atoms with Gasteiger partial charge in [0.25, 0.3) is 0 Å². The van der Waals surface area contributed by atoms with Gasteiger partial charge in [-0.2, -0.15) is 0 Å². The minimum atomic E-state index is -3.14. The molecule has 0 aromatic heterocycles. The first-order valence-electron chi connectivity index (χ1n) is 4.95. The number of benzene rings is 1. The highest BCUT2D eigenvalue weighted by atomic mass is 31.2. The van der Waals surface area contributed by atoms with Gasteiger partial charge in [-0.25, -0.2) is 9.65 Å². The highest BCUT2D eigenvalue weighted by Gasteiger charge is 2.32. The van der Waals surface area contributed by atoms with Crippen LogP contribution in [0.1, 0.15) is 13.3 Å². The fourth-order valence-corrected chi connectivity index (χ4v) is 2.99. The molecule has 1 heterocycles. The molecule has 0 unspecified atom stereocenters. The van der Waals surface area contributed by atoms with Gasteiger partial charge in [0, 0.05) is 6.04 Å². The summed E-state index contributed by atoms with van der Waals surface area (Å²) >= 11 is 0. The maximum Gasteiger partial charge on any atom is 0.458 e. The average Bonchev–Trinajstić information content (AvgIpc) is 2.18. The van der Waals surface area contributed by atoms with Gasteiger partial charge in [-0.05, 0) is 25.5 Å². The van der Waals surface area contributed by atoms with Gasteiger partial charge >= 0.3 is 7.75 Å². The van der Waals surface area contributed by atoms with Crippen LogP contribution in [-0.4, -0.2) is 12.6 Å². The number of hydrogen-bond donors (Lipinski definition) is 1. The van der Waals surface area contributed by atoms with Crippen molar-refractivity contribution in [2.75, 3.05) is 6.61 Å². The first kappa shape index (κ1) is 10.7. The van der Waals surface area contributed by atoms with Crippen LogP contribution in [0.2, 0.25) is 0 Å². The molecule has 0 aliphatic carbocycles. The third kappa shape index (κ3) is 2.81. The quantitative estimate of drug-likeness (QED) is 0.789. The van der Waals surface area contributed by atoms with Crippen molar-refractivity contribution < 1.29 is 13.6 Å². The molecule has 0 amide bonds. The number of nitrogens with one attached hydrogen (secondary N) is 1. The molecular formula is C10H14NO3P. The van der Waals surface area contributed by atoms with Gasteiger partial charge in [0.1, 0.15) is 5.75 Å². The Labute approximate surface area is 89.2 Å². The van der Waals surface area contributed by atoms with Crippen molar-refractivity contribution in [3.05, 3.63) is 30.3 Å². The van der Waals surface area contributed by atoms with Crippen molar-refractivity contribution in [2.45, 2.75) is 19.4 Å². The fourth-order valence-electron chi connectivity index (χ4n) is 1.39. The summed E-state index contributed by atoms with van der Waals surface area (Å²) in [4.78, 5) is 0. The van der Waals surface area contributed by atoms with Gasteiger partial charge in [-0.3, -0.25) is 4.52 Å². The first-order valence-corrected chi connectivity index (χ1v) is 6.49. The zero-order chi connectivity index (χ0) is 10.7. The minimum absolute atomic E-state index is 0.160. The standard InChI is InChI=1S/C10H14NO3P/c1-9-7-8-13-15(12,11-9)14-10-5-3-2-4-6-10/h2-6,9H,7-8H2,1H3,(H,11,12)/t9-,15+/m1/s1. The molecule has 0 radical (unpaired) electrons. The SMILES string of the molecule is C[C@@H]1CCO[P@](=O)(Oc2ccccc2)N1. The topological polar surface area (TPSA) is 47.6 Å². The molecule has 1 saturated heterocycles. The third-order valence-corrected chi connectivity index (χ3v) is 3.89. The average molecular weight is 227 g/mol. The van der Waals surface area contributed by atoms with E-state index in [9.17, 15) is 4.57 Å². The van der Waals surface area contributed by atoms with E-state index in [-0.39, 0.29) is 6.04 Å². The monoisotopic (exact) mass is 227 g/mol. The van der Waals surface area contributed by atoms with Crippen molar-refractivity contribution in [3.8, 4) is 5.75 Å². The Kier molecular flexibility index (Phi) is 3.10. The molecular weight excluding hydrogens is 213 g/mol. The molecule has 0 saturated carbocycles. The van der Waals surface area contributed by atoms with Gasteiger partial charge in [0.2, 0.25) is 0 Å². The van der Waals surface area contributed by atoms with E-state index in [2.05, 4.69) is 5.09 Å². The molecule has 82 valence electrons. The molecule has 1 aromatic rings. The molecule has 0 bridgehead atoms. The Balaban J connectivity index is 2.07. The van der Waals surface area contributed by atoms with Gasteiger partial charge in [0.15, 0.2) is 0 Å². The Bertz CT molecular complexity index is 368. The van der Waals surface area contributed by atoms with Crippen LogP contribution < -0.4 is 9.61 Å². The normalized spacial score (nSPS) is 31.1. The van der Waals surface area contributed by atoms with Crippen LogP contribution in [0.4, 0.5) is 0 Å². The van der Waals surface area contributed by atoms with Gasteiger partial charge < -0.3 is 4.52 Å². The molecule has 5 heteroatoms. The van der Waals surface area contributed by atoms with Crippen molar-refractivity contribution in [2.24, 2.45) is 0 Å². The van der Waals surface area contributed by atoms with Crippen LogP contribution >= 0.6 is 7.75 Å². The molecule has 0 spiro atoms. The van der Waals surface area contributed by atoms with Gasteiger partial charge in [0.05, 0.1) is 6.61 Å². The second-order valence-corrected chi connectivity index (χ2v) is 5.25. The predicted molar refractivity (Wildman–Crippen MR) is 57.8 cm³/mol. The van der Waals surface area contributed by atoms with Crippen LogP contribution in [0.25, 0.3) is 0 Å². The van der Waals surface area contributed by atoms with Crippen LogP contribution in [-0.2, 0) is 9.09 Å². The van der Waals surface area contributed by atoms with Crippen LogP contribution in [0.3, 0.4) is 0 Å². The largest absolute Gasteiger partial charge is 0.458 e. The van der Waals surface area contributed by atoms with Crippen LogP contribution in [0.5, 0.6) is 5.75 Å². The molecule has 1 aromatic carbocycles. The van der Waals surface area contributed by atoms with Gasteiger partial charge in [-0.15, -0.1) is 0 Å². The molecule has 2 rings (SSSR count). The van der Waals surface area contributed by atoms with Gasteiger partial charge in [-0.1, -0.05) is 18.2 Å². The first-order chi connectivity index (χ1) is 7.18. The van der Waals surface area contributed by atoms with E-state index in [1.54, 1.807) is 12.1 Å². The van der Waals surface area contributed by atoms with E-state index < -0.39 is 7.75 Å². The Hall–Kier alpha value is -0.830. The lowest BCUT2D eigenvalue weighted by Crippen LogP contribution is -2.32. The lowest BCUT2D eigenvalue weighted by molar-refractivity contribution is 0.212. The Morgan fingerprint density at radius 1 is 1.47 bits per heavy atom. The van der Waals surface area contributed by atoms with Crippen molar-refractivity contribution in [1.82, 2.24) is 5.09 Å². The van der Waals surface area contributed by atoms with E-state index >= 15 is 0 Å². The predicted octanol–water partition coefficient (Wildman–Crippen LogP) is 2.57. The summed E-state index contributed by atoms with van der Waals surface area (Å²) in [6, 6.07) is 9.20. The zero-order valence-electron chi connectivity index (χ0n) is 8.55. The summed E-state index contributed by atoms with van der Waals surface area (Å²) in [6.07, 6.45) is 0.849. The molecule has 1 fully saturated rings. The number of rotatable bonds is 2. The van der Waals surface area contributed by atoms with Crippen molar-refractivity contribution >= 4 is 7.75 Å². The Morgan fingerprint density at radius 3 is 2.87 bits per heavy atom. The highest BCUT2D eigenvalue weighted by molar-refractivity contribution is 7.52. The smallest absolute Gasteiger partial charge is 0.413 e. The van der Waals surface area contributed by atoms with E-state index in [4.69, 9.17) is 9.05 Å². The van der Waals surface area contributed by atoms with E-state index in [1.807, 2.05) is 25.1 Å². The van der Waals surface area contributed by atoms with Crippen molar-refractivity contribution in [1.29, 1.82) is 0 Å². The number of hydrogen-bond acceptors (Lipinski definition) is 3. The zero-order valence-corrected chi connectivity index (χ0v) is 9.44. The van der Waals surface area contributed by atoms with E-state index in [0.717, 1.165) is 6.42 Å². The molecule has 4 nitrogen and oxygen atoms in total.